The standard InChI is InChI=1S/C15H20F3N3O3.ClH/c1-10(22)21-13-8-11(7-12(9-13)15(16,17)18)14(23)20-4-3-19-5-6-24-2;/h7-9,19H,3-6H2,1-2H3,(H,20,23)(H,21,22);1H. The fourth-order valence-corrected chi connectivity index (χ4v) is 1.86. The molecule has 0 aliphatic carbocycles. The van der Waals surface area contributed by atoms with Crippen molar-refractivity contribution in [2.75, 3.05) is 38.7 Å². The molecule has 0 aliphatic heterocycles. The van der Waals surface area contributed by atoms with E-state index < -0.39 is 23.6 Å². The molecule has 1 aromatic carbocycles. The molecular weight excluding hydrogens is 363 g/mol. The van der Waals surface area contributed by atoms with Gasteiger partial charge in [0.2, 0.25) is 5.91 Å². The smallest absolute Gasteiger partial charge is 0.383 e. The van der Waals surface area contributed by atoms with E-state index >= 15 is 0 Å². The first kappa shape index (κ1) is 23.2. The van der Waals surface area contributed by atoms with Gasteiger partial charge in [-0.25, -0.2) is 0 Å². The normalized spacial score (nSPS) is 10.8. The monoisotopic (exact) mass is 383 g/mol. The molecule has 0 unspecified atom stereocenters. The third-order valence-electron chi connectivity index (χ3n) is 2.91. The molecule has 10 heteroatoms. The maximum atomic E-state index is 12.9. The van der Waals surface area contributed by atoms with Crippen molar-refractivity contribution in [1.82, 2.24) is 10.6 Å². The zero-order valence-corrected chi connectivity index (χ0v) is 14.6. The minimum Gasteiger partial charge on any atom is -0.383 e. The molecule has 1 aromatic rings. The zero-order valence-electron chi connectivity index (χ0n) is 13.8. The Morgan fingerprint density at radius 3 is 2.36 bits per heavy atom. The van der Waals surface area contributed by atoms with E-state index in [4.69, 9.17) is 4.74 Å². The fourth-order valence-electron chi connectivity index (χ4n) is 1.86. The van der Waals surface area contributed by atoms with Crippen molar-refractivity contribution < 1.29 is 27.5 Å². The first-order valence-electron chi connectivity index (χ1n) is 7.21. The number of alkyl halides is 3. The number of carbonyl (C=O) groups excluding carboxylic acids is 2. The summed E-state index contributed by atoms with van der Waals surface area (Å²) in [4.78, 5) is 23.0. The Labute approximate surface area is 149 Å². The van der Waals surface area contributed by atoms with Crippen molar-refractivity contribution in [2.24, 2.45) is 0 Å². The van der Waals surface area contributed by atoms with E-state index in [0.29, 0.717) is 19.7 Å². The van der Waals surface area contributed by atoms with Gasteiger partial charge in [0.1, 0.15) is 0 Å². The summed E-state index contributed by atoms with van der Waals surface area (Å²) in [5.74, 6) is -1.18. The van der Waals surface area contributed by atoms with Gasteiger partial charge in [0.15, 0.2) is 0 Å². The molecule has 2 amide bonds. The molecule has 0 heterocycles. The topological polar surface area (TPSA) is 79.5 Å². The number of amides is 2. The van der Waals surface area contributed by atoms with Crippen LogP contribution in [-0.2, 0) is 15.7 Å². The second-order valence-electron chi connectivity index (χ2n) is 4.98. The van der Waals surface area contributed by atoms with E-state index in [1.807, 2.05) is 0 Å². The predicted molar refractivity (Wildman–Crippen MR) is 90.1 cm³/mol. The van der Waals surface area contributed by atoms with Crippen molar-refractivity contribution in [1.29, 1.82) is 0 Å². The van der Waals surface area contributed by atoms with Crippen LogP contribution in [0.1, 0.15) is 22.8 Å². The van der Waals surface area contributed by atoms with Crippen molar-refractivity contribution in [3.05, 3.63) is 29.3 Å². The van der Waals surface area contributed by atoms with Gasteiger partial charge >= 0.3 is 6.18 Å². The third kappa shape index (κ3) is 8.71. The van der Waals surface area contributed by atoms with Gasteiger partial charge < -0.3 is 20.7 Å². The number of rotatable bonds is 8. The molecule has 0 fully saturated rings. The molecule has 0 spiro atoms. The van der Waals surface area contributed by atoms with Gasteiger partial charge in [-0.3, -0.25) is 9.59 Å². The van der Waals surface area contributed by atoms with Crippen LogP contribution in [0.25, 0.3) is 0 Å². The van der Waals surface area contributed by atoms with Gasteiger partial charge in [0.25, 0.3) is 5.91 Å². The van der Waals surface area contributed by atoms with Crippen LogP contribution in [0.3, 0.4) is 0 Å². The summed E-state index contributed by atoms with van der Waals surface area (Å²) in [5, 5.41) is 7.76. The maximum absolute atomic E-state index is 12.9. The SMILES string of the molecule is COCCNCCNC(=O)c1cc(NC(C)=O)cc(C(F)(F)F)c1.Cl. The van der Waals surface area contributed by atoms with Gasteiger partial charge in [-0.05, 0) is 18.2 Å². The maximum Gasteiger partial charge on any atom is 0.416 e. The Balaban J connectivity index is 0.00000576. The summed E-state index contributed by atoms with van der Waals surface area (Å²) < 4.78 is 43.6. The molecule has 1 rings (SSSR count). The van der Waals surface area contributed by atoms with Crippen LogP contribution in [0.5, 0.6) is 0 Å². The third-order valence-corrected chi connectivity index (χ3v) is 2.91. The molecule has 0 radical (unpaired) electrons. The summed E-state index contributed by atoms with van der Waals surface area (Å²) in [7, 11) is 1.56. The number of nitrogens with one attached hydrogen (secondary N) is 3. The average molecular weight is 384 g/mol. The molecule has 6 nitrogen and oxygen atoms in total. The molecular formula is C15H21ClF3N3O3. The second-order valence-corrected chi connectivity index (χ2v) is 4.98. The molecule has 0 saturated heterocycles. The fraction of sp³-hybridized carbons (Fsp3) is 0.467. The molecule has 0 bridgehead atoms. The van der Waals surface area contributed by atoms with Gasteiger partial charge in [0.05, 0.1) is 12.2 Å². The Morgan fingerprint density at radius 1 is 1.12 bits per heavy atom. The first-order valence-corrected chi connectivity index (χ1v) is 7.21. The lowest BCUT2D eigenvalue weighted by Gasteiger charge is -2.13. The van der Waals surface area contributed by atoms with E-state index in [-0.39, 0.29) is 30.2 Å². The van der Waals surface area contributed by atoms with Crippen LogP contribution in [0, 0.1) is 0 Å². The first-order chi connectivity index (χ1) is 11.2. The summed E-state index contributed by atoms with van der Waals surface area (Å²) in [6.07, 6.45) is -4.62. The predicted octanol–water partition coefficient (Wildman–Crippen LogP) is 2.05. The lowest BCUT2D eigenvalue weighted by molar-refractivity contribution is -0.137. The van der Waals surface area contributed by atoms with Crippen LogP contribution < -0.4 is 16.0 Å². The number of halogens is 4. The van der Waals surface area contributed by atoms with Crippen molar-refractivity contribution in [3.8, 4) is 0 Å². The number of ether oxygens (including phenoxy) is 1. The Bertz CT molecular complexity index is 583. The highest BCUT2D eigenvalue weighted by atomic mass is 35.5. The lowest BCUT2D eigenvalue weighted by atomic mass is 10.1. The average Bonchev–Trinajstić information content (AvgIpc) is 2.48. The largest absolute Gasteiger partial charge is 0.416 e. The quantitative estimate of drug-likeness (QED) is 0.600. The van der Waals surface area contributed by atoms with Crippen LogP contribution in [0.4, 0.5) is 18.9 Å². The van der Waals surface area contributed by atoms with E-state index in [9.17, 15) is 22.8 Å². The number of hydrogen-bond acceptors (Lipinski definition) is 4. The van der Waals surface area contributed by atoms with Crippen molar-refractivity contribution in [2.45, 2.75) is 13.1 Å². The van der Waals surface area contributed by atoms with E-state index in [1.165, 1.54) is 13.0 Å². The number of benzene rings is 1. The van der Waals surface area contributed by atoms with E-state index in [0.717, 1.165) is 12.1 Å². The van der Waals surface area contributed by atoms with Gasteiger partial charge in [-0.15, -0.1) is 12.4 Å². The Morgan fingerprint density at radius 2 is 1.80 bits per heavy atom. The number of hydrogen-bond donors (Lipinski definition) is 3. The summed E-state index contributed by atoms with van der Waals surface area (Å²) in [6, 6.07) is 2.73. The van der Waals surface area contributed by atoms with Gasteiger partial charge in [-0.1, -0.05) is 0 Å². The minimum atomic E-state index is -4.62. The lowest BCUT2D eigenvalue weighted by Crippen LogP contribution is -2.33. The highest BCUT2D eigenvalue weighted by Crippen LogP contribution is 2.32. The molecule has 0 saturated carbocycles. The number of methoxy groups -OCH3 is 1. The van der Waals surface area contributed by atoms with E-state index in [2.05, 4.69) is 16.0 Å². The molecule has 142 valence electrons. The number of anilines is 1. The van der Waals surface area contributed by atoms with Crippen molar-refractivity contribution in [3.63, 3.8) is 0 Å². The zero-order chi connectivity index (χ0) is 18.2. The Hall–Kier alpha value is -1.84. The number of carbonyl (C=O) groups is 2. The summed E-state index contributed by atoms with van der Waals surface area (Å²) >= 11 is 0. The molecule has 0 atom stereocenters. The van der Waals surface area contributed by atoms with Crippen LogP contribution in [0.2, 0.25) is 0 Å². The molecule has 3 N–H and O–H groups in total. The van der Waals surface area contributed by atoms with Gasteiger partial charge in [-0.2, -0.15) is 13.2 Å². The van der Waals surface area contributed by atoms with E-state index in [1.54, 1.807) is 7.11 Å². The van der Waals surface area contributed by atoms with Gasteiger partial charge in [0, 0.05) is 44.9 Å². The molecule has 25 heavy (non-hydrogen) atoms. The summed E-state index contributed by atoms with van der Waals surface area (Å²) in [6.45, 7) is 2.98. The minimum absolute atomic E-state index is 0. The van der Waals surface area contributed by atoms with Crippen LogP contribution in [-0.4, -0.2) is 45.2 Å². The van der Waals surface area contributed by atoms with Crippen LogP contribution >= 0.6 is 12.4 Å². The molecule has 0 aliphatic rings. The van der Waals surface area contributed by atoms with Crippen molar-refractivity contribution >= 4 is 29.9 Å². The highest BCUT2D eigenvalue weighted by molar-refractivity contribution is 5.97. The summed E-state index contributed by atoms with van der Waals surface area (Å²) in [5.41, 5.74) is -1.26. The second kappa shape index (κ2) is 10.9. The molecule has 0 aromatic heterocycles. The highest BCUT2D eigenvalue weighted by Gasteiger charge is 2.32. The van der Waals surface area contributed by atoms with Crippen LogP contribution in [0.15, 0.2) is 18.2 Å². The Kier molecular flexibility index (Phi) is 10.1.